The minimum atomic E-state index is 0. The third-order valence-electron chi connectivity index (χ3n) is 3.24. The molecule has 6 nitrogen and oxygen atoms in total. The molecule has 0 amide bonds. The molecule has 0 saturated heterocycles. The zero-order valence-electron chi connectivity index (χ0n) is 14.4. The molecule has 134 valence electrons. The van der Waals surface area contributed by atoms with Crippen LogP contribution < -0.4 is 10.6 Å². The number of thiophene rings is 1. The maximum atomic E-state index is 5.10. The first-order valence-corrected chi connectivity index (χ1v) is 8.89. The second kappa shape index (κ2) is 11.4. The van der Waals surface area contributed by atoms with Crippen molar-refractivity contribution >= 4 is 41.3 Å². The van der Waals surface area contributed by atoms with E-state index in [1.807, 2.05) is 6.92 Å². The normalized spacial score (nSPS) is 12.5. The Labute approximate surface area is 164 Å². The molecule has 0 spiro atoms. The van der Waals surface area contributed by atoms with Crippen LogP contribution in [0.15, 0.2) is 27.0 Å². The van der Waals surface area contributed by atoms with Crippen LogP contribution in [0, 0.1) is 12.8 Å². The molecule has 0 aromatic carbocycles. The van der Waals surface area contributed by atoms with Gasteiger partial charge in [0.1, 0.15) is 0 Å². The number of guanidine groups is 1. The molecule has 0 radical (unpaired) electrons. The number of nitrogens with zero attached hydrogens (tertiary/aromatic N) is 3. The van der Waals surface area contributed by atoms with Crippen molar-refractivity contribution in [2.24, 2.45) is 10.9 Å². The quantitative estimate of drug-likeness (QED) is 0.358. The van der Waals surface area contributed by atoms with E-state index in [9.17, 15) is 0 Å². The molecule has 0 aliphatic carbocycles. The summed E-state index contributed by atoms with van der Waals surface area (Å²) >= 11 is 1.81. The van der Waals surface area contributed by atoms with Gasteiger partial charge < -0.3 is 15.2 Å². The van der Waals surface area contributed by atoms with E-state index in [0.29, 0.717) is 30.6 Å². The Kier molecular flexibility index (Phi) is 9.92. The second-order valence-corrected chi connectivity index (χ2v) is 6.55. The average Bonchev–Trinajstić information content (AvgIpc) is 3.16. The Hall–Kier alpha value is -1.16. The Morgan fingerprint density at radius 1 is 1.42 bits per heavy atom. The number of rotatable bonds is 8. The van der Waals surface area contributed by atoms with E-state index in [1.54, 1.807) is 11.3 Å². The number of hydrogen-bond acceptors (Lipinski definition) is 5. The molecule has 0 fully saturated rings. The average molecular weight is 463 g/mol. The number of aryl methyl sites for hydroxylation is 1. The fraction of sp³-hybridized carbons (Fsp3) is 0.562. The van der Waals surface area contributed by atoms with Gasteiger partial charge in [-0.25, -0.2) is 0 Å². The first kappa shape index (κ1) is 20.9. The minimum Gasteiger partial charge on any atom is -0.357 e. The zero-order valence-corrected chi connectivity index (χ0v) is 17.6. The van der Waals surface area contributed by atoms with Crippen LogP contribution in [0.1, 0.15) is 30.4 Å². The summed E-state index contributed by atoms with van der Waals surface area (Å²) in [5.74, 6) is 2.67. The van der Waals surface area contributed by atoms with Crippen molar-refractivity contribution in [3.63, 3.8) is 0 Å². The van der Waals surface area contributed by atoms with E-state index in [1.165, 1.54) is 4.88 Å². The van der Waals surface area contributed by atoms with Crippen molar-refractivity contribution in [2.75, 3.05) is 19.6 Å². The van der Waals surface area contributed by atoms with E-state index >= 15 is 0 Å². The Morgan fingerprint density at radius 3 is 2.88 bits per heavy atom. The predicted molar refractivity (Wildman–Crippen MR) is 109 cm³/mol. The minimum absolute atomic E-state index is 0. The highest BCUT2D eigenvalue weighted by Crippen LogP contribution is 2.14. The fourth-order valence-corrected chi connectivity index (χ4v) is 3.02. The van der Waals surface area contributed by atoms with Gasteiger partial charge in [0.25, 0.3) is 0 Å². The lowest BCUT2D eigenvalue weighted by Gasteiger charge is -2.12. The third-order valence-corrected chi connectivity index (χ3v) is 4.13. The maximum absolute atomic E-state index is 5.10. The number of halogens is 1. The van der Waals surface area contributed by atoms with E-state index in [2.05, 4.69) is 57.1 Å². The van der Waals surface area contributed by atoms with Crippen LogP contribution in [0.5, 0.6) is 0 Å². The molecule has 0 aliphatic heterocycles. The van der Waals surface area contributed by atoms with Gasteiger partial charge in [0.05, 0.1) is 0 Å². The Morgan fingerprint density at radius 2 is 2.25 bits per heavy atom. The molecule has 1 atom stereocenters. The van der Waals surface area contributed by atoms with Crippen molar-refractivity contribution in [3.05, 3.63) is 34.1 Å². The highest BCUT2D eigenvalue weighted by Gasteiger charge is 2.06. The number of nitrogens with one attached hydrogen (secondary N) is 2. The summed E-state index contributed by atoms with van der Waals surface area (Å²) in [6, 6.07) is 4.28. The van der Waals surface area contributed by atoms with Gasteiger partial charge in [-0.2, -0.15) is 4.98 Å². The molecule has 2 N–H and O–H groups in total. The van der Waals surface area contributed by atoms with Crippen LogP contribution >= 0.6 is 35.3 Å². The van der Waals surface area contributed by atoms with Crippen LogP contribution in [0.4, 0.5) is 0 Å². The van der Waals surface area contributed by atoms with Crippen LogP contribution in [-0.4, -0.2) is 35.7 Å². The predicted octanol–water partition coefficient (Wildman–Crippen LogP) is 3.03. The summed E-state index contributed by atoms with van der Waals surface area (Å²) in [5.41, 5.74) is 0. The van der Waals surface area contributed by atoms with E-state index < -0.39 is 0 Å². The molecule has 24 heavy (non-hydrogen) atoms. The van der Waals surface area contributed by atoms with Gasteiger partial charge in [0.2, 0.25) is 5.89 Å². The third kappa shape index (κ3) is 7.61. The van der Waals surface area contributed by atoms with Gasteiger partial charge in [-0.05, 0) is 37.6 Å². The molecule has 2 aromatic heterocycles. The molecule has 8 heteroatoms. The maximum Gasteiger partial charge on any atom is 0.228 e. The molecule has 2 rings (SSSR count). The monoisotopic (exact) mass is 463 g/mol. The van der Waals surface area contributed by atoms with Crippen molar-refractivity contribution in [2.45, 2.75) is 33.6 Å². The van der Waals surface area contributed by atoms with Gasteiger partial charge >= 0.3 is 0 Å². The molecule has 2 heterocycles. The molecule has 0 bridgehead atoms. The van der Waals surface area contributed by atoms with E-state index in [4.69, 9.17) is 4.52 Å². The summed E-state index contributed by atoms with van der Waals surface area (Å²) in [7, 11) is 0. The largest absolute Gasteiger partial charge is 0.357 e. The smallest absolute Gasteiger partial charge is 0.228 e. The number of hydrogen-bond donors (Lipinski definition) is 2. The first-order valence-electron chi connectivity index (χ1n) is 8.01. The van der Waals surface area contributed by atoms with Crippen LogP contribution in [0.25, 0.3) is 0 Å². The van der Waals surface area contributed by atoms with Gasteiger partial charge in [-0.1, -0.05) is 18.1 Å². The highest BCUT2D eigenvalue weighted by atomic mass is 127. The van der Waals surface area contributed by atoms with Crippen molar-refractivity contribution in [1.82, 2.24) is 20.8 Å². The lowest BCUT2D eigenvalue weighted by Crippen LogP contribution is -2.38. The molecular formula is C16H26IN5OS. The van der Waals surface area contributed by atoms with E-state index in [0.717, 1.165) is 25.5 Å². The summed E-state index contributed by atoms with van der Waals surface area (Å²) in [6.07, 6.45) is 1.76. The first-order chi connectivity index (χ1) is 11.2. The van der Waals surface area contributed by atoms with Crippen LogP contribution in [0.2, 0.25) is 0 Å². The Balaban J connectivity index is 0.00000288. The molecule has 2 aromatic rings. The molecule has 0 aliphatic rings. The fourth-order valence-electron chi connectivity index (χ4n) is 2.16. The topological polar surface area (TPSA) is 75.3 Å². The van der Waals surface area contributed by atoms with Crippen molar-refractivity contribution < 1.29 is 4.52 Å². The van der Waals surface area contributed by atoms with Gasteiger partial charge in [0.15, 0.2) is 11.8 Å². The number of aromatic nitrogens is 2. The van der Waals surface area contributed by atoms with Crippen molar-refractivity contribution in [1.29, 1.82) is 0 Å². The van der Waals surface area contributed by atoms with Gasteiger partial charge in [-0.3, -0.25) is 4.99 Å². The lowest BCUT2D eigenvalue weighted by atomic mass is 10.1. The van der Waals surface area contributed by atoms with Crippen LogP contribution in [-0.2, 0) is 12.8 Å². The second-order valence-electron chi connectivity index (χ2n) is 5.52. The summed E-state index contributed by atoms with van der Waals surface area (Å²) in [6.45, 7) is 8.47. The molecule has 0 saturated carbocycles. The number of aliphatic imine (C=N–C) groups is 1. The summed E-state index contributed by atoms with van der Waals surface area (Å²) in [4.78, 5) is 10.3. The lowest BCUT2D eigenvalue weighted by molar-refractivity contribution is 0.374. The SMILES string of the molecule is CCNC(=NCC(C)Cc1cccs1)NCCc1nc(C)no1.I. The van der Waals surface area contributed by atoms with Gasteiger partial charge in [0, 0.05) is 30.9 Å². The molecule has 1 unspecified atom stereocenters. The van der Waals surface area contributed by atoms with Crippen molar-refractivity contribution in [3.8, 4) is 0 Å². The molecular weight excluding hydrogens is 437 g/mol. The summed E-state index contributed by atoms with van der Waals surface area (Å²) in [5, 5.41) is 12.5. The van der Waals surface area contributed by atoms with Gasteiger partial charge in [-0.15, -0.1) is 35.3 Å². The highest BCUT2D eigenvalue weighted by molar-refractivity contribution is 14.0. The Bertz CT molecular complexity index is 599. The standard InChI is InChI=1S/C16H25N5OS.HI/c1-4-17-16(18-8-7-15-20-13(3)21-22-15)19-11-12(2)10-14-6-5-9-23-14;/h5-6,9,12H,4,7-8,10-11H2,1-3H3,(H2,17,18,19);1H. The van der Waals surface area contributed by atoms with Crippen LogP contribution in [0.3, 0.4) is 0 Å². The van der Waals surface area contributed by atoms with E-state index in [-0.39, 0.29) is 24.0 Å². The summed E-state index contributed by atoms with van der Waals surface area (Å²) < 4.78 is 5.10. The zero-order chi connectivity index (χ0) is 16.5.